The molecule has 8 heteroatoms. The molecule has 1 aromatic carbocycles. The topological polar surface area (TPSA) is 74.3 Å². The van der Waals surface area contributed by atoms with Crippen LogP contribution in [-0.4, -0.2) is 60.6 Å². The number of carbonyl (C=O) groups excluding carboxylic acids is 1. The lowest BCUT2D eigenvalue weighted by Gasteiger charge is -2.18. The standard InChI is InChI=1S/C26H26FN5O2/c1-31(2)9-5-6-25(33)32(3)20-10-18(11-21(14-20)34-4)19-12-22-23(16-30-26(22)29-15-19)17-7-8-28-24(27)13-17/h5-8,10-16H,9H2,1-4H3,(H,29,30)/b6-5+. The number of nitrogens with zero attached hydrogens (tertiary/aromatic N) is 4. The highest BCUT2D eigenvalue weighted by Gasteiger charge is 2.14. The van der Waals surface area contributed by atoms with Gasteiger partial charge in [-0.15, -0.1) is 0 Å². The average Bonchev–Trinajstić information content (AvgIpc) is 3.26. The number of halogens is 1. The lowest BCUT2D eigenvalue weighted by Crippen LogP contribution is -2.24. The van der Waals surface area contributed by atoms with Gasteiger partial charge in [0.25, 0.3) is 0 Å². The molecule has 0 spiro atoms. The summed E-state index contributed by atoms with van der Waals surface area (Å²) in [6, 6.07) is 10.8. The Bertz CT molecular complexity index is 1360. The second-order valence-corrected chi connectivity index (χ2v) is 8.17. The summed E-state index contributed by atoms with van der Waals surface area (Å²) in [5.41, 5.74) is 4.60. The van der Waals surface area contributed by atoms with Gasteiger partial charge in [0.1, 0.15) is 11.4 Å². The smallest absolute Gasteiger partial charge is 0.250 e. The first-order chi connectivity index (χ1) is 16.4. The zero-order valence-corrected chi connectivity index (χ0v) is 19.5. The minimum absolute atomic E-state index is 0.137. The van der Waals surface area contributed by atoms with Gasteiger partial charge in [-0.2, -0.15) is 4.39 Å². The molecule has 0 fully saturated rings. The number of likely N-dealkylation sites (N-methyl/N-ethyl adjacent to an activating group) is 2. The van der Waals surface area contributed by atoms with E-state index in [4.69, 9.17) is 4.74 Å². The van der Waals surface area contributed by atoms with Crippen LogP contribution in [-0.2, 0) is 4.79 Å². The number of H-pyrrole nitrogens is 1. The molecular formula is C26H26FN5O2. The molecule has 4 aromatic rings. The highest BCUT2D eigenvalue weighted by Crippen LogP contribution is 2.34. The quantitative estimate of drug-likeness (QED) is 0.325. The van der Waals surface area contributed by atoms with E-state index in [2.05, 4.69) is 15.0 Å². The summed E-state index contributed by atoms with van der Waals surface area (Å²) in [6.07, 6.45) is 8.39. The monoisotopic (exact) mass is 459 g/mol. The van der Waals surface area contributed by atoms with Gasteiger partial charge < -0.3 is 19.5 Å². The third-order valence-electron chi connectivity index (χ3n) is 5.48. The van der Waals surface area contributed by atoms with E-state index in [0.717, 1.165) is 22.1 Å². The van der Waals surface area contributed by atoms with Crippen LogP contribution in [0.15, 0.2) is 67.1 Å². The first-order valence-electron chi connectivity index (χ1n) is 10.7. The number of anilines is 1. The maximum atomic E-state index is 13.7. The number of hydrogen-bond acceptors (Lipinski definition) is 5. The van der Waals surface area contributed by atoms with Gasteiger partial charge in [-0.05, 0) is 49.5 Å². The number of amides is 1. The van der Waals surface area contributed by atoms with Crippen molar-refractivity contribution in [1.29, 1.82) is 0 Å². The van der Waals surface area contributed by atoms with E-state index in [1.807, 2.05) is 49.3 Å². The van der Waals surface area contributed by atoms with Crippen LogP contribution in [0.25, 0.3) is 33.3 Å². The molecule has 0 radical (unpaired) electrons. The number of benzene rings is 1. The van der Waals surface area contributed by atoms with E-state index >= 15 is 0 Å². The highest BCUT2D eigenvalue weighted by atomic mass is 19.1. The first-order valence-corrected chi connectivity index (χ1v) is 10.7. The zero-order chi connectivity index (χ0) is 24.2. The Labute approximate surface area is 197 Å². The van der Waals surface area contributed by atoms with Crippen LogP contribution in [0.2, 0.25) is 0 Å². The number of aromatic nitrogens is 3. The molecule has 0 unspecified atom stereocenters. The molecule has 0 aliphatic heterocycles. The molecule has 4 rings (SSSR count). The van der Waals surface area contributed by atoms with Gasteiger partial charge in [0.15, 0.2) is 0 Å². The molecule has 1 amide bonds. The summed E-state index contributed by atoms with van der Waals surface area (Å²) >= 11 is 0. The van der Waals surface area contributed by atoms with Crippen molar-refractivity contribution in [2.24, 2.45) is 0 Å². The molecule has 1 N–H and O–H groups in total. The number of fused-ring (bicyclic) bond motifs is 1. The molecular weight excluding hydrogens is 433 g/mol. The minimum atomic E-state index is -0.541. The summed E-state index contributed by atoms with van der Waals surface area (Å²) < 4.78 is 19.2. The number of pyridine rings is 2. The van der Waals surface area contributed by atoms with Crippen molar-refractivity contribution in [1.82, 2.24) is 19.9 Å². The normalized spacial score (nSPS) is 11.5. The predicted molar refractivity (Wildman–Crippen MR) is 132 cm³/mol. The van der Waals surface area contributed by atoms with Gasteiger partial charge in [0.2, 0.25) is 11.9 Å². The number of nitrogens with one attached hydrogen (secondary N) is 1. The fraction of sp³-hybridized carbons (Fsp3) is 0.192. The number of rotatable bonds is 7. The van der Waals surface area contributed by atoms with Crippen molar-refractivity contribution < 1.29 is 13.9 Å². The number of ether oxygens (including phenoxy) is 1. The van der Waals surface area contributed by atoms with Crippen LogP contribution in [0, 0.1) is 5.95 Å². The molecule has 0 aliphatic carbocycles. The molecule has 0 saturated carbocycles. The van der Waals surface area contributed by atoms with Gasteiger partial charge in [-0.3, -0.25) is 4.79 Å². The Kier molecular flexibility index (Phi) is 6.70. The number of methoxy groups -OCH3 is 1. The van der Waals surface area contributed by atoms with E-state index in [-0.39, 0.29) is 5.91 Å². The van der Waals surface area contributed by atoms with Crippen molar-refractivity contribution in [2.45, 2.75) is 0 Å². The van der Waals surface area contributed by atoms with Crippen LogP contribution in [0.3, 0.4) is 0 Å². The van der Waals surface area contributed by atoms with Crippen LogP contribution < -0.4 is 9.64 Å². The van der Waals surface area contributed by atoms with Crippen LogP contribution >= 0.6 is 0 Å². The van der Waals surface area contributed by atoms with Gasteiger partial charge in [0, 0.05) is 72.6 Å². The zero-order valence-electron chi connectivity index (χ0n) is 19.5. The third kappa shape index (κ3) is 4.97. The number of aromatic amines is 1. The maximum absolute atomic E-state index is 13.7. The molecule has 0 bridgehead atoms. The van der Waals surface area contributed by atoms with Gasteiger partial charge >= 0.3 is 0 Å². The molecule has 7 nitrogen and oxygen atoms in total. The molecule has 3 aromatic heterocycles. The summed E-state index contributed by atoms with van der Waals surface area (Å²) in [5, 5.41) is 0.850. The van der Waals surface area contributed by atoms with Crippen molar-refractivity contribution in [3.8, 4) is 28.0 Å². The van der Waals surface area contributed by atoms with Gasteiger partial charge in [-0.1, -0.05) is 6.08 Å². The van der Waals surface area contributed by atoms with E-state index in [1.54, 1.807) is 43.6 Å². The maximum Gasteiger partial charge on any atom is 0.250 e. The lowest BCUT2D eigenvalue weighted by atomic mass is 10.0. The fourth-order valence-electron chi connectivity index (χ4n) is 3.63. The van der Waals surface area contributed by atoms with Crippen molar-refractivity contribution in [2.75, 3.05) is 39.7 Å². The van der Waals surface area contributed by atoms with E-state index < -0.39 is 5.95 Å². The Morgan fingerprint density at radius 1 is 1.09 bits per heavy atom. The Hall–Kier alpha value is -4.04. The van der Waals surface area contributed by atoms with Gasteiger partial charge in [-0.25, -0.2) is 9.97 Å². The fourth-order valence-corrected chi connectivity index (χ4v) is 3.63. The largest absolute Gasteiger partial charge is 0.497 e. The summed E-state index contributed by atoms with van der Waals surface area (Å²) in [6.45, 7) is 0.676. The van der Waals surface area contributed by atoms with E-state index in [9.17, 15) is 9.18 Å². The van der Waals surface area contributed by atoms with Crippen LogP contribution in [0.4, 0.5) is 10.1 Å². The highest BCUT2D eigenvalue weighted by molar-refractivity contribution is 6.02. The number of carbonyl (C=O) groups is 1. The SMILES string of the molecule is COc1cc(-c2cnc3[nH]cc(-c4ccnc(F)c4)c3c2)cc(N(C)C(=O)/C=C/CN(C)C)c1. The van der Waals surface area contributed by atoms with Crippen molar-refractivity contribution in [3.63, 3.8) is 0 Å². The Morgan fingerprint density at radius 3 is 2.65 bits per heavy atom. The van der Waals surface area contributed by atoms with Gasteiger partial charge in [0.05, 0.1) is 7.11 Å². The predicted octanol–water partition coefficient (Wildman–Crippen LogP) is 4.52. The van der Waals surface area contributed by atoms with Crippen LogP contribution in [0.1, 0.15) is 0 Å². The van der Waals surface area contributed by atoms with Crippen LogP contribution in [0.5, 0.6) is 5.75 Å². The lowest BCUT2D eigenvalue weighted by molar-refractivity contribution is -0.113. The van der Waals surface area contributed by atoms with E-state index in [0.29, 0.717) is 29.2 Å². The molecule has 3 heterocycles. The molecule has 0 aliphatic rings. The number of hydrogen-bond donors (Lipinski definition) is 1. The minimum Gasteiger partial charge on any atom is -0.497 e. The van der Waals surface area contributed by atoms with Crippen molar-refractivity contribution in [3.05, 3.63) is 73.1 Å². The Morgan fingerprint density at radius 2 is 1.91 bits per heavy atom. The van der Waals surface area contributed by atoms with E-state index in [1.165, 1.54) is 12.3 Å². The molecule has 0 atom stereocenters. The second kappa shape index (κ2) is 9.84. The van der Waals surface area contributed by atoms with Crippen molar-refractivity contribution >= 4 is 22.6 Å². The Balaban J connectivity index is 1.72. The summed E-state index contributed by atoms with van der Waals surface area (Å²) in [5.74, 6) is -0.0574. The molecule has 34 heavy (non-hydrogen) atoms. The molecule has 0 saturated heterocycles. The average molecular weight is 460 g/mol. The molecule has 174 valence electrons. The summed E-state index contributed by atoms with van der Waals surface area (Å²) in [7, 11) is 7.20. The first kappa shape index (κ1) is 23.1. The summed E-state index contributed by atoms with van der Waals surface area (Å²) in [4.78, 5) is 27.5. The third-order valence-corrected chi connectivity index (χ3v) is 5.48. The second-order valence-electron chi connectivity index (χ2n) is 8.17.